The van der Waals surface area contributed by atoms with Gasteiger partial charge in [-0.1, -0.05) is 13.0 Å². The van der Waals surface area contributed by atoms with E-state index in [0.29, 0.717) is 5.56 Å². The molecule has 128 valence electrons. The van der Waals surface area contributed by atoms with Gasteiger partial charge in [0.1, 0.15) is 0 Å². The molecule has 0 aliphatic heterocycles. The zero-order valence-electron chi connectivity index (χ0n) is 13.8. The Kier molecular flexibility index (Phi) is 6.50. The zero-order chi connectivity index (χ0) is 17.7. The Hall–Kier alpha value is -1.69. The van der Waals surface area contributed by atoms with Gasteiger partial charge < -0.3 is 4.74 Å². The van der Waals surface area contributed by atoms with Crippen molar-refractivity contribution in [3.8, 4) is 11.8 Å². The van der Waals surface area contributed by atoms with E-state index in [-0.39, 0.29) is 25.3 Å². The Morgan fingerprint density at radius 1 is 1.43 bits per heavy atom. The highest BCUT2D eigenvalue weighted by Crippen LogP contribution is 2.26. The Balaban J connectivity index is 3.04. The Bertz CT molecular complexity index is 684. The van der Waals surface area contributed by atoms with Gasteiger partial charge in [0.15, 0.2) is 11.6 Å². The lowest BCUT2D eigenvalue weighted by Gasteiger charge is -2.30. The maximum absolute atomic E-state index is 13.9. The molecular formula is C15H22FN3O3S. The standard InChI is InChI=1S/C15H22FN3O3S/c1-5-19(10-6-9-17)23(20,21)18-15(2,3)12-7-8-14(22-4)13(16)11-12/h7-8,11,18H,5-6,10H2,1-4H3. The van der Waals surface area contributed by atoms with Crippen molar-refractivity contribution in [3.05, 3.63) is 29.6 Å². The van der Waals surface area contributed by atoms with Crippen molar-refractivity contribution in [2.75, 3.05) is 20.2 Å². The second-order valence-electron chi connectivity index (χ2n) is 5.48. The quantitative estimate of drug-likeness (QED) is 0.784. The van der Waals surface area contributed by atoms with E-state index in [4.69, 9.17) is 10.00 Å². The molecular weight excluding hydrogens is 321 g/mol. The number of nitrogens with zero attached hydrogens (tertiary/aromatic N) is 2. The van der Waals surface area contributed by atoms with Crippen molar-refractivity contribution < 1.29 is 17.5 Å². The average Bonchev–Trinajstić information content (AvgIpc) is 2.46. The van der Waals surface area contributed by atoms with E-state index in [0.717, 1.165) is 0 Å². The number of nitrogens with one attached hydrogen (secondary N) is 1. The van der Waals surface area contributed by atoms with Gasteiger partial charge in [-0.15, -0.1) is 0 Å². The van der Waals surface area contributed by atoms with Gasteiger partial charge in [-0.2, -0.15) is 22.7 Å². The molecule has 1 aromatic rings. The fourth-order valence-corrected chi connectivity index (χ4v) is 3.69. The van der Waals surface area contributed by atoms with Crippen molar-refractivity contribution >= 4 is 10.2 Å². The monoisotopic (exact) mass is 343 g/mol. The molecule has 0 aromatic heterocycles. The molecule has 1 N–H and O–H groups in total. The molecule has 1 rings (SSSR count). The molecule has 0 aliphatic rings. The van der Waals surface area contributed by atoms with Crippen molar-refractivity contribution in [1.82, 2.24) is 9.03 Å². The number of methoxy groups -OCH3 is 1. The van der Waals surface area contributed by atoms with Crippen LogP contribution in [0.15, 0.2) is 18.2 Å². The summed E-state index contributed by atoms with van der Waals surface area (Å²) in [6.45, 7) is 5.32. The van der Waals surface area contributed by atoms with Gasteiger partial charge in [0, 0.05) is 19.5 Å². The molecule has 0 spiro atoms. The number of ether oxygens (including phenoxy) is 1. The first kappa shape index (κ1) is 19.4. The Morgan fingerprint density at radius 3 is 2.57 bits per heavy atom. The number of benzene rings is 1. The first-order chi connectivity index (χ1) is 10.7. The van der Waals surface area contributed by atoms with Crippen LogP contribution in [-0.2, 0) is 15.7 Å². The van der Waals surface area contributed by atoms with Crippen molar-refractivity contribution in [2.24, 2.45) is 0 Å². The molecule has 0 saturated carbocycles. The van der Waals surface area contributed by atoms with Gasteiger partial charge in [-0.3, -0.25) is 0 Å². The van der Waals surface area contributed by atoms with Gasteiger partial charge in [-0.25, -0.2) is 4.39 Å². The summed E-state index contributed by atoms with van der Waals surface area (Å²) in [6.07, 6.45) is 0.104. The van der Waals surface area contributed by atoms with Crippen molar-refractivity contribution in [2.45, 2.75) is 32.7 Å². The number of hydrogen-bond acceptors (Lipinski definition) is 4. The van der Waals surface area contributed by atoms with Crippen LogP contribution in [0.25, 0.3) is 0 Å². The smallest absolute Gasteiger partial charge is 0.280 e. The SMILES string of the molecule is CCN(CCC#N)S(=O)(=O)NC(C)(C)c1ccc(OC)c(F)c1. The largest absolute Gasteiger partial charge is 0.494 e. The van der Waals surface area contributed by atoms with Gasteiger partial charge in [-0.05, 0) is 31.5 Å². The van der Waals surface area contributed by atoms with Crippen molar-refractivity contribution in [3.63, 3.8) is 0 Å². The molecule has 0 saturated heterocycles. The van der Waals surface area contributed by atoms with Gasteiger partial charge in [0.2, 0.25) is 0 Å². The van der Waals surface area contributed by atoms with E-state index in [1.165, 1.54) is 23.5 Å². The predicted molar refractivity (Wildman–Crippen MR) is 85.5 cm³/mol. The second kappa shape index (κ2) is 7.73. The molecule has 0 amide bonds. The molecule has 0 unspecified atom stereocenters. The Morgan fingerprint density at radius 2 is 2.09 bits per heavy atom. The molecule has 0 atom stereocenters. The minimum atomic E-state index is -3.80. The van der Waals surface area contributed by atoms with E-state index >= 15 is 0 Å². The summed E-state index contributed by atoms with van der Waals surface area (Å²) in [6, 6.07) is 6.22. The third-order valence-corrected chi connectivity index (χ3v) is 5.31. The van der Waals surface area contributed by atoms with E-state index in [9.17, 15) is 12.8 Å². The number of nitriles is 1. The normalized spacial score (nSPS) is 12.2. The second-order valence-corrected chi connectivity index (χ2v) is 7.15. The molecule has 0 bridgehead atoms. The van der Waals surface area contributed by atoms with Crippen LogP contribution in [-0.4, -0.2) is 32.9 Å². The first-order valence-electron chi connectivity index (χ1n) is 7.18. The molecule has 0 heterocycles. The summed E-state index contributed by atoms with van der Waals surface area (Å²) in [5, 5.41) is 8.62. The molecule has 8 heteroatoms. The molecule has 0 fully saturated rings. The van der Waals surface area contributed by atoms with Crippen LogP contribution in [0.5, 0.6) is 5.75 Å². The maximum Gasteiger partial charge on any atom is 0.280 e. The Labute approximate surface area is 137 Å². The van der Waals surface area contributed by atoms with Gasteiger partial charge in [0.05, 0.1) is 18.7 Å². The summed E-state index contributed by atoms with van der Waals surface area (Å²) >= 11 is 0. The molecule has 6 nitrogen and oxygen atoms in total. The lowest BCUT2D eigenvalue weighted by atomic mass is 9.95. The molecule has 0 aliphatic carbocycles. The van der Waals surface area contributed by atoms with E-state index in [1.807, 2.05) is 6.07 Å². The van der Waals surface area contributed by atoms with Crippen LogP contribution in [0, 0.1) is 17.1 Å². The topological polar surface area (TPSA) is 82.4 Å². The average molecular weight is 343 g/mol. The zero-order valence-corrected chi connectivity index (χ0v) is 14.6. The molecule has 0 radical (unpaired) electrons. The van der Waals surface area contributed by atoms with Crippen LogP contribution >= 0.6 is 0 Å². The lowest BCUT2D eigenvalue weighted by Crippen LogP contribution is -2.49. The maximum atomic E-state index is 13.9. The van der Waals surface area contributed by atoms with E-state index in [2.05, 4.69) is 4.72 Å². The number of hydrogen-bond donors (Lipinski definition) is 1. The highest BCUT2D eigenvalue weighted by Gasteiger charge is 2.31. The van der Waals surface area contributed by atoms with Crippen LogP contribution in [0.3, 0.4) is 0 Å². The minimum Gasteiger partial charge on any atom is -0.494 e. The first-order valence-corrected chi connectivity index (χ1v) is 8.62. The lowest BCUT2D eigenvalue weighted by molar-refractivity contribution is 0.380. The number of halogens is 1. The highest BCUT2D eigenvalue weighted by molar-refractivity contribution is 7.87. The van der Waals surface area contributed by atoms with Crippen LogP contribution < -0.4 is 9.46 Å². The summed E-state index contributed by atoms with van der Waals surface area (Å²) in [7, 11) is -2.44. The summed E-state index contributed by atoms with van der Waals surface area (Å²) in [5.74, 6) is -0.467. The summed E-state index contributed by atoms with van der Waals surface area (Å²) < 4.78 is 47.4. The molecule has 1 aromatic carbocycles. The third kappa shape index (κ3) is 4.89. The third-order valence-electron chi connectivity index (χ3n) is 3.42. The van der Waals surface area contributed by atoms with E-state index < -0.39 is 21.6 Å². The summed E-state index contributed by atoms with van der Waals surface area (Å²) in [5.41, 5.74) is -0.554. The highest BCUT2D eigenvalue weighted by atomic mass is 32.2. The minimum absolute atomic E-state index is 0.0941. The predicted octanol–water partition coefficient (Wildman–Crippen LogP) is 2.14. The fraction of sp³-hybridized carbons (Fsp3) is 0.533. The van der Waals surface area contributed by atoms with Crippen LogP contribution in [0.2, 0.25) is 0 Å². The van der Waals surface area contributed by atoms with Gasteiger partial charge in [0.25, 0.3) is 10.2 Å². The molecule has 23 heavy (non-hydrogen) atoms. The van der Waals surface area contributed by atoms with Gasteiger partial charge >= 0.3 is 0 Å². The number of rotatable bonds is 8. The van der Waals surface area contributed by atoms with Crippen molar-refractivity contribution in [1.29, 1.82) is 5.26 Å². The summed E-state index contributed by atoms with van der Waals surface area (Å²) in [4.78, 5) is 0. The van der Waals surface area contributed by atoms with E-state index in [1.54, 1.807) is 26.8 Å². The fourth-order valence-electron chi connectivity index (χ4n) is 2.12. The van der Waals surface area contributed by atoms with Crippen LogP contribution in [0.1, 0.15) is 32.8 Å². The van der Waals surface area contributed by atoms with Crippen LogP contribution in [0.4, 0.5) is 4.39 Å².